The molecule has 0 aliphatic rings. The van der Waals surface area contributed by atoms with Gasteiger partial charge in [-0.2, -0.15) is 0 Å². The van der Waals surface area contributed by atoms with Gasteiger partial charge < -0.3 is 5.11 Å². The van der Waals surface area contributed by atoms with Crippen LogP contribution in [0.25, 0.3) is 0 Å². The summed E-state index contributed by atoms with van der Waals surface area (Å²) < 4.78 is 0. The van der Waals surface area contributed by atoms with Crippen LogP contribution < -0.4 is 0 Å². The van der Waals surface area contributed by atoms with Gasteiger partial charge in [0.15, 0.2) is 0 Å². The van der Waals surface area contributed by atoms with Gasteiger partial charge in [-0.05, 0) is 31.9 Å². The lowest BCUT2D eigenvalue weighted by atomic mass is 10.1. The molecule has 0 atom stereocenters. The van der Waals surface area contributed by atoms with Gasteiger partial charge in [0.1, 0.15) is 5.75 Å². The number of nitro groups is 1. The largest absolute Gasteiger partial charge is 0.507 e. The second-order valence-corrected chi connectivity index (χ2v) is 4.34. The maximum atomic E-state index is 10.0. The van der Waals surface area contributed by atoms with Crippen molar-refractivity contribution in [2.75, 3.05) is 0 Å². The highest BCUT2D eigenvalue weighted by atomic mass is 16.6. The summed E-state index contributed by atoms with van der Waals surface area (Å²) in [6.07, 6.45) is 0. The predicted octanol–water partition coefficient (Wildman–Crippen LogP) is 3.91. The molecule has 0 amide bonds. The number of hydrogen-bond acceptors (Lipinski definition) is 3. The average Bonchev–Trinajstić information content (AvgIpc) is 2.37. The number of phenolic OH excluding ortho intramolecular Hbond substituents is 1. The van der Waals surface area contributed by atoms with Crippen LogP contribution in [-0.2, 0) is 0 Å². The number of nitro benzene ring substituents is 1. The lowest BCUT2D eigenvalue weighted by Crippen LogP contribution is -1.84. The standard InChI is InChI=1S/C9H12O.C6H5NO2/c1-6-4-7(2)9(10)8(3)5-6;8-7(9)6-4-2-1-3-5-6/h4-5,10H,1-3H3;1-5H. The highest BCUT2D eigenvalue weighted by molar-refractivity contribution is 5.41. The number of benzene rings is 2. The molecular weight excluding hydrogens is 242 g/mol. The number of non-ortho nitro benzene ring substituents is 1. The SMILES string of the molecule is Cc1cc(C)c(O)c(C)c1.O=[N+]([O-])c1ccccc1. The molecule has 19 heavy (non-hydrogen) atoms. The van der Waals surface area contributed by atoms with E-state index in [2.05, 4.69) is 0 Å². The Morgan fingerprint density at radius 3 is 1.84 bits per heavy atom. The van der Waals surface area contributed by atoms with Crippen LogP contribution in [0, 0.1) is 30.9 Å². The number of para-hydroxylation sites is 1. The molecule has 100 valence electrons. The van der Waals surface area contributed by atoms with Crippen molar-refractivity contribution in [3.05, 3.63) is 69.3 Å². The molecule has 0 aliphatic carbocycles. The van der Waals surface area contributed by atoms with Crippen LogP contribution in [0.5, 0.6) is 5.75 Å². The van der Waals surface area contributed by atoms with E-state index in [4.69, 9.17) is 0 Å². The number of aromatic hydroxyl groups is 1. The van der Waals surface area contributed by atoms with E-state index >= 15 is 0 Å². The van der Waals surface area contributed by atoms with Crippen molar-refractivity contribution in [1.29, 1.82) is 0 Å². The molecule has 0 bridgehead atoms. The maximum Gasteiger partial charge on any atom is 0.269 e. The summed E-state index contributed by atoms with van der Waals surface area (Å²) in [7, 11) is 0. The van der Waals surface area contributed by atoms with Crippen molar-refractivity contribution in [1.82, 2.24) is 0 Å². The molecule has 0 spiro atoms. The summed E-state index contributed by atoms with van der Waals surface area (Å²) in [6.45, 7) is 5.85. The second kappa shape index (κ2) is 6.54. The summed E-state index contributed by atoms with van der Waals surface area (Å²) >= 11 is 0. The summed E-state index contributed by atoms with van der Waals surface area (Å²) in [5.41, 5.74) is 3.25. The van der Waals surface area contributed by atoms with Crippen LogP contribution in [0.2, 0.25) is 0 Å². The maximum absolute atomic E-state index is 10.0. The molecule has 0 saturated carbocycles. The van der Waals surface area contributed by atoms with Crippen LogP contribution in [0.15, 0.2) is 42.5 Å². The van der Waals surface area contributed by atoms with E-state index in [0.29, 0.717) is 5.75 Å². The first-order chi connectivity index (χ1) is 8.91. The van der Waals surface area contributed by atoms with E-state index in [1.807, 2.05) is 32.9 Å². The zero-order valence-corrected chi connectivity index (χ0v) is 11.3. The summed E-state index contributed by atoms with van der Waals surface area (Å²) in [6, 6.07) is 11.9. The number of rotatable bonds is 1. The summed E-state index contributed by atoms with van der Waals surface area (Å²) in [5, 5.41) is 19.3. The van der Waals surface area contributed by atoms with Gasteiger partial charge in [0, 0.05) is 12.1 Å². The first-order valence-corrected chi connectivity index (χ1v) is 5.88. The second-order valence-electron chi connectivity index (χ2n) is 4.34. The van der Waals surface area contributed by atoms with Gasteiger partial charge in [-0.1, -0.05) is 35.9 Å². The molecule has 0 heterocycles. The fraction of sp³-hybridized carbons (Fsp3) is 0.200. The highest BCUT2D eigenvalue weighted by Gasteiger charge is 1.99. The molecule has 0 radical (unpaired) electrons. The molecule has 2 aromatic carbocycles. The Kier molecular flexibility index (Phi) is 5.06. The predicted molar refractivity (Wildman–Crippen MR) is 75.4 cm³/mol. The van der Waals surface area contributed by atoms with Crippen LogP contribution in [0.4, 0.5) is 5.69 Å². The van der Waals surface area contributed by atoms with Gasteiger partial charge in [-0.15, -0.1) is 0 Å². The van der Waals surface area contributed by atoms with Gasteiger partial charge in [0.25, 0.3) is 5.69 Å². The zero-order chi connectivity index (χ0) is 14.4. The third-order valence-electron chi connectivity index (χ3n) is 2.60. The molecule has 2 aromatic rings. The third kappa shape index (κ3) is 4.43. The van der Waals surface area contributed by atoms with E-state index in [1.165, 1.54) is 17.7 Å². The minimum Gasteiger partial charge on any atom is -0.507 e. The monoisotopic (exact) mass is 259 g/mol. The van der Waals surface area contributed by atoms with Crippen LogP contribution in [0.3, 0.4) is 0 Å². The number of aryl methyl sites for hydroxylation is 3. The molecule has 0 fully saturated rings. The number of hydrogen-bond donors (Lipinski definition) is 1. The Balaban J connectivity index is 0.000000191. The quantitative estimate of drug-likeness (QED) is 0.623. The third-order valence-corrected chi connectivity index (χ3v) is 2.60. The first kappa shape index (κ1) is 14.7. The van der Waals surface area contributed by atoms with Gasteiger partial charge >= 0.3 is 0 Å². The minimum atomic E-state index is -0.417. The Hall–Kier alpha value is -2.36. The van der Waals surface area contributed by atoms with E-state index in [1.54, 1.807) is 18.2 Å². The number of phenols is 1. The molecule has 4 heteroatoms. The van der Waals surface area contributed by atoms with Crippen LogP contribution >= 0.6 is 0 Å². The van der Waals surface area contributed by atoms with Crippen LogP contribution in [-0.4, -0.2) is 10.0 Å². The van der Waals surface area contributed by atoms with Gasteiger partial charge in [-0.25, -0.2) is 0 Å². The minimum absolute atomic E-state index is 0.137. The fourth-order valence-electron chi connectivity index (χ4n) is 1.72. The van der Waals surface area contributed by atoms with Crippen molar-refractivity contribution in [3.8, 4) is 5.75 Å². The van der Waals surface area contributed by atoms with E-state index in [0.717, 1.165) is 11.1 Å². The van der Waals surface area contributed by atoms with Crippen molar-refractivity contribution < 1.29 is 10.0 Å². The molecule has 1 N–H and O–H groups in total. The van der Waals surface area contributed by atoms with Crippen molar-refractivity contribution >= 4 is 5.69 Å². The van der Waals surface area contributed by atoms with Crippen molar-refractivity contribution in [2.24, 2.45) is 0 Å². The lowest BCUT2D eigenvalue weighted by Gasteiger charge is -2.03. The van der Waals surface area contributed by atoms with Gasteiger partial charge in [-0.3, -0.25) is 10.1 Å². The molecule has 0 saturated heterocycles. The fourth-order valence-corrected chi connectivity index (χ4v) is 1.72. The molecule has 0 unspecified atom stereocenters. The van der Waals surface area contributed by atoms with E-state index < -0.39 is 4.92 Å². The molecule has 4 nitrogen and oxygen atoms in total. The average molecular weight is 259 g/mol. The van der Waals surface area contributed by atoms with Crippen molar-refractivity contribution in [2.45, 2.75) is 20.8 Å². The molecule has 2 rings (SSSR count). The Labute approximate surface area is 112 Å². The zero-order valence-electron chi connectivity index (χ0n) is 11.3. The van der Waals surface area contributed by atoms with E-state index in [-0.39, 0.29) is 5.69 Å². The van der Waals surface area contributed by atoms with Crippen molar-refractivity contribution in [3.63, 3.8) is 0 Å². The van der Waals surface area contributed by atoms with Crippen LogP contribution in [0.1, 0.15) is 16.7 Å². The lowest BCUT2D eigenvalue weighted by molar-refractivity contribution is -0.384. The molecule has 0 aromatic heterocycles. The Morgan fingerprint density at radius 1 is 1.00 bits per heavy atom. The van der Waals surface area contributed by atoms with Gasteiger partial charge in [0.05, 0.1) is 4.92 Å². The Bertz CT molecular complexity index is 542. The Morgan fingerprint density at radius 2 is 1.47 bits per heavy atom. The normalized spacial score (nSPS) is 9.42. The first-order valence-electron chi connectivity index (χ1n) is 5.88. The summed E-state index contributed by atoms with van der Waals surface area (Å²) in [5.74, 6) is 0.422. The van der Waals surface area contributed by atoms with Gasteiger partial charge in [0.2, 0.25) is 0 Å². The molecular formula is C15H17NO3. The molecule has 0 aliphatic heterocycles. The highest BCUT2D eigenvalue weighted by Crippen LogP contribution is 2.21. The summed E-state index contributed by atoms with van der Waals surface area (Å²) in [4.78, 5) is 9.59. The van der Waals surface area contributed by atoms with E-state index in [9.17, 15) is 15.2 Å². The topological polar surface area (TPSA) is 63.4 Å². The smallest absolute Gasteiger partial charge is 0.269 e. The number of nitrogens with zero attached hydrogens (tertiary/aromatic N) is 1.